The van der Waals surface area contributed by atoms with E-state index < -0.39 is 5.54 Å². The molecule has 21 heavy (non-hydrogen) atoms. The maximum atomic E-state index is 13.0. The summed E-state index contributed by atoms with van der Waals surface area (Å²) in [5.41, 5.74) is -0.736. The summed E-state index contributed by atoms with van der Waals surface area (Å²) < 4.78 is 0. The Morgan fingerprint density at radius 3 is 2.52 bits per heavy atom. The van der Waals surface area contributed by atoms with Gasteiger partial charge in [-0.05, 0) is 44.8 Å². The van der Waals surface area contributed by atoms with Crippen LogP contribution in [0.15, 0.2) is 0 Å². The molecule has 0 bridgehead atoms. The van der Waals surface area contributed by atoms with E-state index in [0.29, 0.717) is 11.7 Å². The van der Waals surface area contributed by atoms with Crippen LogP contribution < -0.4 is 5.32 Å². The van der Waals surface area contributed by atoms with Gasteiger partial charge in [-0.25, -0.2) is 0 Å². The number of thioether (sulfide) groups is 1. The highest BCUT2D eigenvalue weighted by Gasteiger charge is 2.51. The Kier molecular flexibility index (Phi) is 4.91. The van der Waals surface area contributed by atoms with E-state index in [1.165, 1.54) is 0 Å². The Morgan fingerprint density at radius 1 is 1.38 bits per heavy atom. The second-order valence-electron chi connectivity index (χ2n) is 6.90. The van der Waals surface area contributed by atoms with Crippen molar-refractivity contribution in [3.05, 3.63) is 0 Å². The normalized spacial score (nSPS) is 37.2. The first-order valence-electron chi connectivity index (χ1n) is 8.01. The van der Waals surface area contributed by atoms with Crippen LogP contribution in [0.2, 0.25) is 0 Å². The highest BCUT2D eigenvalue weighted by atomic mass is 32.2. The molecule has 0 aromatic carbocycles. The topological polar surface area (TPSA) is 49.4 Å². The quantitative estimate of drug-likeness (QED) is 0.867. The monoisotopic (exact) mass is 312 g/mol. The molecule has 4 atom stereocenters. The summed E-state index contributed by atoms with van der Waals surface area (Å²) in [7, 11) is 0. The highest BCUT2D eigenvalue weighted by molar-refractivity contribution is 7.99. The van der Waals surface area contributed by atoms with Gasteiger partial charge in [-0.1, -0.05) is 20.8 Å². The van der Waals surface area contributed by atoms with E-state index in [4.69, 9.17) is 0 Å². The molecule has 1 heterocycles. The van der Waals surface area contributed by atoms with Crippen molar-refractivity contribution < 1.29 is 9.59 Å². The fraction of sp³-hybridized carbons (Fsp3) is 0.875. The van der Waals surface area contributed by atoms with Crippen molar-refractivity contribution in [2.75, 3.05) is 6.26 Å². The molecule has 1 saturated carbocycles. The molecule has 1 N–H and O–H groups in total. The zero-order chi connectivity index (χ0) is 15.8. The lowest BCUT2D eigenvalue weighted by atomic mass is 9.87. The predicted molar refractivity (Wildman–Crippen MR) is 87.3 cm³/mol. The van der Waals surface area contributed by atoms with Crippen molar-refractivity contribution in [3.63, 3.8) is 0 Å². The predicted octanol–water partition coefficient (Wildman–Crippen LogP) is 2.42. The first kappa shape index (κ1) is 16.7. The number of hydrogen-bond donors (Lipinski definition) is 1. The van der Waals surface area contributed by atoms with E-state index in [9.17, 15) is 9.59 Å². The van der Waals surface area contributed by atoms with Gasteiger partial charge in [0.15, 0.2) is 0 Å². The molecule has 0 aromatic rings. The summed E-state index contributed by atoms with van der Waals surface area (Å²) in [6, 6.07) is -0.0954. The molecule has 4 unspecified atom stereocenters. The van der Waals surface area contributed by atoms with Gasteiger partial charge in [-0.15, -0.1) is 0 Å². The average molecular weight is 312 g/mol. The molecule has 120 valence electrons. The first-order valence-corrected chi connectivity index (χ1v) is 9.30. The molecule has 0 aromatic heterocycles. The molecular weight excluding hydrogens is 284 g/mol. The van der Waals surface area contributed by atoms with Gasteiger partial charge >= 0.3 is 0 Å². The molecule has 5 heteroatoms. The standard InChI is InChI=1S/C16H28N2O2S/c1-6-16(4)15(20)18(11-7-8-12(9-11)21-5)13(10(2)3)14(19)17-16/h10-13H,6-9H2,1-5H3,(H,17,19). The van der Waals surface area contributed by atoms with E-state index in [-0.39, 0.29) is 29.8 Å². The van der Waals surface area contributed by atoms with Crippen molar-refractivity contribution in [1.82, 2.24) is 10.2 Å². The van der Waals surface area contributed by atoms with Crippen LogP contribution in [0.25, 0.3) is 0 Å². The SMILES string of the molecule is CCC1(C)NC(=O)C(C(C)C)N(C2CCC(SC)C2)C1=O. The van der Waals surface area contributed by atoms with Gasteiger partial charge in [-0.3, -0.25) is 9.59 Å². The summed E-state index contributed by atoms with van der Waals surface area (Å²) in [5.74, 6) is 0.264. The third-order valence-electron chi connectivity index (χ3n) is 5.10. The van der Waals surface area contributed by atoms with Crippen LogP contribution >= 0.6 is 11.8 Å². The van der Waals surface area contributed by atoms with Crippen LogP contribution in [0.4, 0.5) is 0 Å². The van der Waals surface area contributed by atoms with Gasteiger partial charge < -0.3 is 10.2 Å². The molecule has 2 rings (SSSR count). The van der Waals surface area contributed by atoms with Crippen LogP contribution in [0.1, 0.15) is 53.4 Å². The highest BCUT2D eigenvalue weighted by Crippen LogP contribution is 2.36. The van der Waals surface area contributed by atoms with Crippen LogP contribution in [-0.4, -0.2) is 45.8 Å². The summed E-state index contributed by atoms with van der Waals surface area (Å²) in [5, 5.41) is 3.59. The average Bonchev–Trinajstić information content (AvgIpc) is 2.90. The maximum absolute atomic E-state index is 13.0. The van der Waals surface area contributed by atoms with Crippen LogP contribution in [0.3, 0.4) is 0 Å². The van der Waals surface area contributed by atoms with Gasteiger partial charge in [0.05, 0.1) is 0 Å². The zero-order valence-electron chi connectivity index (χ0n) is 13.8. The van der Waals surface area contributed by atoms with Gasteiger partial charge in [0.1, 0.15) is 11.6 Å². The van der Waals surface area contributed by atoms with Crippen LogP contribution in [-0.2, 0) is 9.59 Å². The Labute approximate surface area is 132 Å². The van der Waals surface area contributed by atoms with Crippen LogP contribution in [0, 0.1) is 5.92 Å². The summed E-state index contributed by atoms with van der Waals surface area (Å²) in [4.78, 5) is 27.5. The summed E-state index contributed by atoms with van der Waals surface area (Å²) >= 11 is 1.88. The first-order chi connectivity index (χ1) is 9.84. The number of nitrogens with zero attached hydrogens (tertiary/aromatic N) is 1. The third kappa shape index (κ3) is 2.94. The molecule has 1 aliphatic heterocycles. The Hall–Kier alpha value is -0.710. The van der Waals surface area contributed by atoms with Crippen molar-refractivity contribution in [2.45, 2.75) is 76.3 Å². The number of carbonyl (C=O) groups excluding carboxylic acids is 2. The molecule has 2 fully saturated rings. The number of rotatable bonds is 4. The minimum absolute atomic E-state index is 0.0153. The lowest BCUT2D eigenvalue weighted by molar-refractivity contribution is -0.159. The smallest absolute Gasteiger partial charge is 0.248 e. The fourth-order valence-corrected chi connectivity index (χ4v) is 4.36. The Morgan fingerprint density at radius 2 is 2.05 bits per heavy atom. The summed E-state index contributed by atoms with van der Waals surface area (Å²) in [6.45, 7) is 7.88. The van der Waals surface area contributed by atoms with E-state index in [1.807, 2.05) is 44.4 Å². The van der Waals surface area contributed by atoms with E-state index in [2.05, 4.69) is 11.6 Å². The lowest BCUT2D eigenvalue weighted by Crippen LogP contribution is -2.71. The van der Waals surface area contributed by atoms with Gasteiger partial charge in [-0.2, -0.15) is 11.8 Å². The molecule has 2 aliphatic rings. The zero-order valence-corrected chi connectivity index (χ0v) is 14.6. The maximum Gasteiger partial charge on any atom is 0.248 e. The molecule has 4 nitrogen and oxygen atoms in total. The number of amides is 2. The van der Waals surface area contributed by atoms with E-state index in [1.54, 1.807) is 0 Å². The molecule has 0 spiro atoms. The fourth-order valence-electron chi connectivity index (χ4n) is 3.58. The molecule has 1 aliphatic carbocycles. The molecule has 0 radical (unpaired) electrons. The number of piperazine rings is 1. The minimum atomic E-state index is -0.736. The minimum Gasteiger partial charge on any atom is -0.340 e. The van der Waals surface area contributed by atoms with E-state index in [0.717, 1.165) is 19.3 Å². The second-order valence-corrected chi connectivity index (χ2v) is 8.04. The molecular formula is C16H28N2O2S. The van der Waals surface area contributed by atoms with Crippen LogP contribution in [0.5, 0.6) is 0 Å². The number of carbonyl (C=O) groups is 2. The van der Waals surface area contributed by atoms with Crippen molar-refractivity contribution in [1.29, 1.82) is 0 Å². The van der Waals surface area contributed by atoms with Gasteiger partial charge in [0.2, 0.25) is 11.8 Å². The van der Waals surface area contributed by atoms with E-state index >= 15 is 0 Å². The van der Waals surface area contributed by atoms with Crippen molar-refractivity contribution in [3.8, 4) is 0 Å². The number of hydrogen-bond acceptors (Lipinski definition) is 3. The second kappa shape index (κ2) is 6.19. The van der Waals surface area contributed by atoms with Gasteiger partial charge in [0.25, 0.3) is 0 Å². The lowest BCUT2D eigenvalue weighted by Gasteiger charge is -2.48. The van der Waals surface area contributed by atoms with Crippen molar-refractivity contribution >= 4 is 23.6 Å². The van der Waals surface area contributed by atoms with Crippen molar-refractivity contribution in [2.24, 2.45) is 5.92 Å². The number of nitrogens with one attached hydrogen (secondary N) is 1. The molecule has 2 amide bonds. The van der Waals surface area contributed by atoms with Gasteiger partial charge in [0, 0.05) is 11.3 Å². The Bertz CT molecular complexity index is 427. The largest absolute Gasteiger partial charge is 0.340 e. The summed E-state index contributed by atoms with van der Waals surface area (Å²) in [6.07, 6.45) is 5.95. The third-order valence-corrected chi connectivity index (χ3v) is 6.19. The molecule has 1 saturated heterocycles. The Balaban J connectivity index is 2.31.